The number of aliphatic imine (C=N–C) groups is 1. The maximum Gasteiger partial charge on any atom is 0.0656 e. The van der Waals surface area contributed by atoms with E-state index in [2.05, 4.69) is 11.1 Å². The topological polar surface area (TPSA) is 38.4 Å². The first-order valence-corrected chi connectivity index (χ1v) is 2.82. The third-order valence-corrected chi connectivity index (χ3v) is 1.20. The van der Waals surface area contributed by atoms with Crippen LogP contribution in [-0.2, 0) is 0 Å². The van der Waals surface area contributed by atoms with Gasteiger partial charge in [0.15, 0.2) is 0 Å². The molecule has 1 heterocycles. The first-order chi connectivity index (χ1) is 3.93. The van der Waals surface area contributed by atoms with Crippen molar-refractivity contribution >= 4 is 6.21 Å². The molecule has 2 nitrogen and oxygen atoms in total. The summed E-state index contributed by atoms with van der Waals surface area (Å²) in [6.45, 7) is 0.668. The zero-order valence-electron chi connectivity index (χ0n) is 4.75. The second-order valence-electron chi connectivity index (χ2n) is 1.85. The van der Waals surface area contributed by atoms with Crippen LogP contribution in [0.15, 0.2) is 17.1 Å². The van der Waals surface area contributed by atoms with E-state index in [4.69, 9.17) is 5.73 Å². The highest BCUT2D eigenvalue weighted by molar-refractivity contribution is 5.72. The Kier molecular flexibility index (Phi) is 1.80. The lowest BCUT2D eigenvalue weighted by Gasteiger charge is -2.07. The van der Waals surface area contributed by atoms with Crippen LogP contribution in [0.5, 0.6) is 0 Å². The molecule has 0 aliphatic carbocycles. The normalized spacial score (nSPS) is 26.4. The summed E-state index contributed by atoms with van der Waals surface area (Å²) >= 11 is 0. The van der Waals surface area contributed by atoms with Gasteiger partial charge in [0.25, 0.3) is 0 Å². The van der Waals surface area contributed by atoms with Crippen LogP contribution in [0.4, 0.5) is 0 Å². The lowest BCUT2D eigenvalue weighted by molar-refractivity contribution is 0.693. The summed E-state index contributed by atoms with van der Waals surface area (Å²) in [5.41, 5.74) is 5.36. The van der Waals surface area contributed by atoms with Crippen LogP contribution in [0.3, 0.4) is 0 Å². The van der Waals surface area contributed by atoms with Crippen molar-refractivity contribution < 1.29 is 0 Å². The number of hydrogen-bond donors (Lipinski definition) is 1. The fourth-order valence-electron chi connectivity index (χ4n) is 0.686. The lowest BCUT2D eigenvalue weighted by atomic mass is 10.2. The van der Waals surface area contributed by atoms with Gasteiger partial charge in [0, 0.05) is 12.8 Å². The van der Waals surface area contributed by atoms with Gasteiger partial charge in [-0.3, -0.25) is 4.99 Å². The number of allylic oxidation sites excluding steroid dienone is 1. The molecule has 1 unspecified atom stereocenters. The van der Waals surface area contributed by atoms with E-state index in [0.29, 0.717) is 12.6 Å². The van der Waals surface area contributed by atoms with Crippen LogP contribution in [0.25, 0.3) is 0 Å². The van der Waals surface area contributed by atoms with Crippen molar-refractivity contribution in [2.45, 2.75) is 12.5 Å². The second kappa shape index (κ2) is 2.62. The predicted octanol–water partition coefficient (Wildman–Crippen LogP) is 0.344. The van der Waals surface area contributed by atoms with E-state index in [0.717, 1.165) is 6.42 Å². The highest BCUT2D eigenvalue weighted by Gasteiger charge is 2.00. The molecule has 2 N–H and O–H groups in total. The summed E-state index contributed by atoms with van der Waals surface area (Å²) in [5, 5.41) is 0. The highest BCUT2D eigenvalue weighted by atomic mass is 14.8. The zero-order chi connectivity index (χ0) is 5.82. The molecule has 0 amide bonds. The molecule has 0 saturated carbocycles. The largest absolute Gasteiger partial charge is 0.328 e. The monoisotopic (exact) mass is 110 g/mol. The molecule has 44 valence electrons. The van der Waals surface area contributed by atoms with Gasteiger partial charge in [-0.15, -0.1) is 0 Å². The molecule has 1 aliphatic rings. The smallest absolute Gasteiger partial charge is 0.0656 e. The molecule has 0 fully saturated rings. The van der Waals surface area contributed by atoms with Crippen molar-refractivity contribution in [3.05, 3.63) is 12.2 Å². The molecule has 0 bridgehead atoms. The Morgan fingerprint density at radius 2 is 2.62 bits per heavy atom. The summed E-state index contributed by atoms with van der Waals surface area (Å²) in [4.78, 5) is 4.11. The van der Waals surface area contributed by atoms with E-state index in [1.807, 2.05) is 6.08 Å². The Labute approximate surface area is 49.1 Å². The number of rotatable bonds is 1. The number of dihydropyridines is 1. The van der Waals surface area contributed by atoms with Gasteiger partial charge in [-0.25, -0.2) is 0 Å². The van der Waals surface area contributed by atoms with Crippen molar-refractivity contribution in [3.63, 3.8) is 0 Å². The average molecular weight is 110 g/mol. The predicted molar refractivity (Wildman–Crippen MR) is 35.1 cm³/mol. The Morgan fingerprint density at radius 3 is 3.00 bits per heavy atom. The second-order valence-corrected chi connectivity index (χ2v) is 1.85. The minimum Gasteiger partial charge on any atom is -0.328 e. The summed E-state index contributed by atoms with van der Waals surface area (Å²) in [5.74, 6) is 0. The first kappa shape index (κ1) is 5.51. The minimum atomic E-state index is 0.347. The molecule has 8 heavy (non-hydrogen) atoms. The van der Waals surface area contributed by atoms with E-state index < -0.39 is 0 Å². The van der Waals surface area contributed by atoms with Crippen LogP contribution in [0, 0.1) is 0 Å². The first-order valence-electron chi connectivity index (χ1n) is 2.82. The van der Waals surface area contributed by atoms with Crippen molar-refractivity contribution in [3.8, 4) is 0 Å². The Hall–Kier alpha value is -0.630. The van der Waals surface area contributed by atoms with Crippen LogP contribution in [-0.4, -0.2) is 18.8 Å². The zero-order valence-corrected chi connectivity index (χ0v) is 4.75. The van der Waals surface area contributed by atoms with Crippen molar-refractivity contribution in [2.75, 3.05) is 6.54 Å². The number of hydrogen-bond acceptors (Lipinski definition) is 2. The molecular weight excluding hydrogens is 100 g/mol. The molecule has 1 rings (SSSR count). The van der Waals surface area contributed by atoms with Gasteiger partial charge in [-0.2, -0.15) is 0 Å². The molecule has 1 aliphatic heterocycles. The Morgan fingerprint density at radius 1 is 1.75 bits per heavy atom. The highest BCUT2D eigenvalue weighted by Crippen LogP contribution is 1.99. The molecule has 0 radical (unpaired) electrons. The summed E-state index contributed by atoms with van der Waals surface area (Å²) in [7, 11) is 0. The van der Waals surface area contributed by atoms with Crippen molar-refractivity contribution in [1.82, 2.24) is 0 Å². The Balaban J connectivity index is 2.40. The molecule has 0 aromatic rings. The van der Waals surface area contributed by atoms with Crippen LogP contribution in [0.2, 0.25) is 0 Å². The standard InChI is InChI=1S/C6H10N2/c7-5-6-3-1-2-4-8-6/h1-2,4,6H,3,5,7H2. The molecular formula is C6H10N2. The van der Waals surface area contributed by atoms with Gasteiger partial charge in [0.2, 0.25) is 0 Å². The van der Waals surface area contributed by atoms with Crippen LogP contribution < -0.4 is 5.73 Å². The SMILES string of the molecule is NCC1CC=CC=N1. The van der Waals surface area contributed by atoms with Gasteiger partial charge in [-0.05, 0) is 12.5 Å². The molecule has 2 heteroatoms. The van der Waals surface area contributed by atoms with Crippen LogP contribution >= 0.6 is 0 Å². The Bertz CT molecular complexity index is 116. The maximum absolute atomic E-state index is 5.36. The molecule has 0 aromatic carbocycles. The van der Waals surface area contributed by atoms with Gasteiger partial charge in [-0.1, -0.05) is 6.08 Å². The third-order valence-electron chi connectivity index (χ3n) is 1.20. The molecule has 0 spiro atoms. The summed E-state index contributed by atoms with van der Waals surface area (Å²) < 4.78 is 0. The van der Waals surface area contributed by atoms with E-state index in [-0.39, 0.29) is 0 Å². The van der Waals surface area contributed by atoms with E-state index in [1.165, 1.54) is 0 Å². The fourth-order valence-corrected chi connectivity index (χ4v) is 0.686. The molecule has 0 aromatic heterocycles. The third kappa shape index (κ3) is 1.17. The average Bonchev–Trinajstić information content (AvgIpc) is 1.90. The van der Waals surface area contributed by atoms with E-state index in [9.17, 15) is 0 Å². The fraction of sp³-hybridized carbons (Fsp3) is 0.500. The summed E-state index contributed by atoms with van der Waals surface area (Å²) in [6, 6.07) is 0.347. The van der Waals surface area contributed by atoms with Gasteiger partial charge < -0.3 is 5.73 Å². The van der Waals surface area contributed by atoms with Gasteiger partial charge >= 0.3 is 0 Å². The molecule has 1 atom stereocenters. The number of nitrogens with two attached hydrogens (primary N) is 1. The quantitative estimate of drug-likeness (QED) is 0.519. The summed E-state index contributed by atoms with van der Waals surface area (Å²) in [6.07, 6.45) is 6.85. The van der Waals surface area contributed by atoms with E-state index >= 15 is 0 Å². The van der Waals surface area contributed by atoms with Crippen LogP contribution in [0.1, 0.15) is 6.42 Å². The van der Waals surface area contributed by atoms with E-state index in [1.54, 1.807) is 6.21 Å². The molecule has 0 saturated heterocycles. The minimum absolute atomic E-state index is 0.347. The van der Waals surface area contributed by atoms with Crippen molar-refractivity contribution in [1.29, 1.82) is 0 Å². The van der Waals surface area contributed by atoms with Crippen molar-refractivity contribution in [2.24, 2.45) is 10.7 Å². The maximum atomic E-state index is 5.36. The van der Waals surface area contributed by atoms with Gasteiger partial charge in [0.05, 0.1) is 6.04 Å². The van der Waals surface area contributed by atoms with Gasteiger partial charge in [0.1, 0.15) is 0 Å². The number of nitrogens with zero attached hydrogens (tertiary/aromatic N) is 1. The lowest BCUT2D eigenvalue weighted by Crippen LogP contribution is -2.18.